The summed E-state index contributed by atoms with van der Waals surface area (Å²) in [6, 6.07) is 11.1. The fourth-order valence-corrected chi connectivity index (χ4v) is 6.03. The predicted octanol–water partition coefficient (Wildman–Crippen LogP) is 3.45. The zero-order valence-corrected chi connectivity index (χ0v) is 24.4. The summed E-state index contributed by atoms with van der Waals surface area (Å²) in [6.07, 6.45) is 2.26. The smallest absolute Gasteiger partial charge is 0.291 e. The lowest BCUT2D eigenvalue weighted by molar-refractivity contribution is -0.119. The van der Waals surface area contributed by atoms with Gasteiger partial charge in [-0.3, -0.25) is 14.4 Å². The van der Waals surface area contributed by atoms with Crippen LogP contribution >= 0.6 is 11.6 Å². The molecule has 0 bridgehead atoms. The van der Waals surface area contributed by atoms with E-state index in [0.29, 0.717) is 53.8 Å². The van der Waals surface area contributed by atoms with Gasteiger partial charge in [0.15, 0.2) is 11.6 Å². The van der Waals surface area contributed by atoms with Crippen molar-refractivity contribution in [2.45, 2.75) is 32.9 Å². The van der Waals surface area contributed by atoms with E-state index in [1.165, 1.54) is 0 Å². The van der Waals surface area contributed by atoms with E-state index in [0.717, 1.165) is 53.3 Å². The zero-order valence-electron chi connectivity index (χ0n) is 23.6. The third-order valence-corrected chi connectivity index (χ3v) is 8.49. The number of nitrogens with zero attached hydrogens (tertiary/aromatic N) is 5. The Balaban J connectivity index is 1.25. The van der Waals surface area contributed by atoms with Crippen molar-refractivity contribution in [3.05, 3.63) is 81.4 Å². The molecule has 0 aliphatic carbocycles. The molecule has 42 heavy (non-hydrogen) atoms. The normalized spacial score (nSPS) is 14.2. The molecule has 2 aliphatic heterocycles. The van der Waals surface area contributed by atoms with Gasteiger partial charge in [-0.1, -0.05) is 35.9 Å². The molecule has 0 saturated heterocycles. The molecule has 12 heteroatoms. The first-order valence-electron chi connectivity index (χ1n) is 13.8. The number of hydrogen-bond acceptors (Lipinski definition) is 6. The second-order valence-corrected chi connectivity index (χ2v) is 11.0. The molecule has 2 aromatic heterocycles. The maximum absolute atomic E-state index is 13.3. The van der Waals surface area contributed by atoms with Crippen LogP contribution in [-0.4, -0.2) is 55.3 Å². The molecule has 4 heterocycles. The van der Waals surface area contributed by atoms with Crippen LogP contribution in [-0.2, 0) is 44.8 Å². The highest BCUT2D eigenvalue weighted by molar-refractivity contribution is 6.36. The molecule has 2 aromatic carbocycles. The molecule has 11 nitrogen and oxygen atoms in total. The van der Waals surface area contributed by atoms with Crippen LogP contribution in [0.3, 0.4) is 0 Å². The van der Waals surface area contributed by atoms with E-state index in [2.05, 4.69) is 25.9 Å². The molecule has 0 spiro atoms. The zero-order chi connectivity index (χ0) is 29.5. The minimum atomic E-state index is -0.343. The van der Waals surface area contributed by atoms with Gasteiger partial charge in [-0.2, -0.15) is 0 Å². The summed E-state index contributed by atoms with van der Waals surface area (Å²) in [7, 11) is 3.67. The van der Waals surface area contributed by atoms with Gasteiger partial charge < -0.3 is 30.0 Å². The van der Waals surface area contributed by atoms with Crippen LogP contribution in [0, 0.1) is 6.92 Å². The van der Waals surface area contributed by atoms with Gasteiger partial charge in [-0.05, 0) is 30.2 Å². The molecule has 0 radical (unpaired) electrons. The van der Waals surface area contributed by atoms with Crippen LogP contribution in [0.25, 0.3) is 11.1 Å². The SMILES string of the molecule is Cc1c(NC(=O)c2nc3c(n2C)CCN(C=O)C3)cccc1-c1cccc(NC(=O)c2nc3c(n2C)CCNC3)c1Cl. The molecule has 0 atom stereocenters. The van der Waals surface area contributed by atoms with E-state index >= 15 is 0 Å². The Bertz CT molecular complexity index is 1740. The Morgan fingerprint density at radius 3 is 2.21 bits per heavy atom. The van der Waals surface area contributed by atoms with Crippen molar-refractivity contribution in [3.63, 3.8) is 0 Å². The number of imidazole rings is 2. The Morgan fingerprint density at radius 1 is 0.905 bits per heavy atom. The standard InChI is InChI=1S/C30H31ClN8O3/c1-17-18(6-4-8-20(17)35-29(41)28-34-23-15-39(16-40)13-11-25(23)38(28)3)19-7-5-9-21(26(19)31)36-30(42)27-33-22-14-32-12-10-24(22)37(27)2/h4-9,16,32H,10-15H2,1-3H3,(H,35,41)(H,36,42). The van der Waals surface area contributed by atoms with Crippen molar-refractivity contribution in [1.82, 2.24) is 29.3 Å². The lowest BCUT2D eigenvalue weighted by Crippen LogP contribution is -2.29. The first-order chi connectivity index (χ1) is 20.3. The molecule has 3 amide bonds. The molecule has 6 rings (SSSR count). The summed E-state index contributed by atoms with van der Waals surface area (Å²) in [5.41, 5.74) is 7.06. The van der Waals surface area contributed by atoms with Crippen molar-refractivity contribution >= 4 is 41.2 Å². The summed E-state index contributed by atoms with van der Waals surface area (Å²) < 4.78 is 3.64. The molecule has 216 valence electrons. The van der Waals surface area contributed by atoms with E-state index in [1.54, 1.807) is 15.5 Å². The van der Waals surface area contributed by atoms with Crippen molar-refractivity contribution in [2.75, 3.05) is 23.7 Å². The Hall–Kier alpha value is -4.48. The van der Waals surface area contributed by atoms with Crippen LogP contribution in [0.15, 0.2) is 36.4 Å². The van der Waals surface area contributed by atoms with E-state index in [9.17, 15) is 14.4 Å². The molecule has 0 saturated carbocycles. The fourth-order valence-electron chi connectivity index (χ4n) is 5.76. The number of aromatic nitrogens is 4. The van der Waals surface area contributed by atoms with Gasteiger partial charge in [0.1, 0.15) is 0 Å². The van der Waals surface area contributed by atoms with E-state index in [-0.39, 0.29) is 17.6 Å². The van der Waals surface area contributed by atoms with E-state index in [4.69, 9.17) is 11.6 Å². The number of amides is 3. The third-order valence-electron chi connectivity index (χ3n) is 8.09. The van der Waals surface area contributed by atoms with Crippen LogP contribution < -0.4 is 16.0 Å². The monoisotopic (exact) mass is 586 g/mol. The number of halogens is 1. The Morgan fingerprint density at radius 2 is 1.52 bits per heavy atom. The number of benzene rings is 2. The molecule has 3 N–H and O–H groups in total. The average Bonchev–Trinajstić information content (AvgIpc) is 3.51. The van der Waals surface area contributed by atoms with Gasteiger partial charge in [0.25, 0.3) is 11.8 Å². The maximum Gasteiger partial charge on any atom is 0.291 e. The van der Waals surface area contributed by atoms with Crippen LogP contribution in [0.5, 0.6) is 0 Å². The number of carbonyl (C=O) groups is 3. The topological polar surface area (TPSA) is 126 Å². The summed E-state index contributed by atoms with van der Waals surface area (Å²) in [6.45, 7) is 4.38. The number of rotatable bonds is 6. The quantitative estimate of drug-likeness (QED) is 0.297. The molecule has 0 fully saturated rings. The largest absolute Gasteiger partial charge is 0.339 e. The summed E-state index contributed by atoms with van der Waals surface area (Å²) in [4.78, 5) is 48.5. The molecule has 0 unspecified atom stereocenters. The van der Waals surface area contributed by atoms with Crippen molar-refractivity contribution in [3.8, 4) is 11.1 Å². The lowest BCUT2D eigenvalue weighted by Gasteiger charge is -2.22. The van der Waals surface area contributed by atoms with Gasteiger partial charge >= 0.3 is 0 Å². The van der Waals surface area contributed by atoms with Crippen molar-refractivity contribution < 1.29 is 14.4 Å². The van der Waals surface area contributed by atoms with Crippen LogP contribution in [0.1, 0.15) is 49.6 Å². The third kappa shape index (κ3) is 4.84. The Labute approximate surface area is 247 Å². The first kappa shape index (κ1) is 27.7. The average molecular weight is 587 g/mol. The predicted molar refractivity (Wildman–Crippen MR) is 160 cm³/mol. The molecular weight excluding hydrogens is 556 g/mol. The number of hydrogen-bond donors (Lipinski definition) is 3. The highest BCUT2D eigenvalue weighted by atomic mass is 35.5. The van der Waals surface area contributed by atoms with Crippen LogP contribution in [0.2, 0.25) is 5.02 Å². The lowest BCUT2D eigenvalue weighted by atomic mass is 9.98. The minimum absolute atomic E-state index is 0.284. The van der Waals surface area contributed by atoms with Gasteiger partial charge in [0.2, 0.25) is 6.41 Å². The summed E-state index contributed by atoms with van der Waals surface area (Å²) in [5, 5.41) is 9.59. The first-order valence-corrected chi connectivity index (χ1v) is 14.1. The fraction of sp³-hybridized carbons (Fsp3) is 0.300. The number of carbonyl (C=O) groups excluding carboxylic acids is 3. The highest BCUT2D eigenvalue weighted by Crippen LogP contribution is 2.37. The van der Waals surface area contributed by atoms with E-state index < -0.39 is 0 Å². The van der Waals surface area contributed by atoms with Gasteiger partial charge in [0, 0.05) is 69.2 Å². The molecular formula is C30H31ClN8O3. The molecule has 2 aliphatic rings. The van der Waals surface area contributed by atoms with Gasteiger partial charge in [0.05, 0.1) is 28.6 Å². The number of fused-ring (bicyclic) bond motifs is 2. The van der Waals surface area contributed by atoms with Gasteiger partial charge in [-0.15, -0.1) is 0 Å². The van der Waals surface area contributed by atoms with Crippen molar-refractivity contribution in [1.29, 1.82) is 0 Å². The second kappa shape index (κ2) is 11.1. The van der Waals surface area contributed by atoms with Crippen LogP contribution in [0.4, 0.5) is 11.4 Å². The minimum Gasteiger partial charge on any atom is -0.339 e. The highest BCUT2D eigenvalue weighted by Gasteiger charge is 2.26. The maximum atomic E-state index is 13.3. The second-order valence-electron chi connectivity index (χ2n) is 10.6. The molecule has 4 aromatic rings. The van der Waals surface area contributed by atoms with Crippen molar-refractivity contribution in [2.24, 2.45) is 14.1 Å². The van der Waals surface area contributed by atoms with Gasteiger partial charge in [-0.25, -0.2) is 9.97 Å². The van der Waals surface area contributed by atoms with E-state index in [1.807, 2.05) is 55.9 Å². The summed E-state index contributed by atoms with van der Waals surface area (Å²) in [5.74, 6) is -0.0597. The Kier molecular flexibility index (Phi) is 7.29. The summed E-state index contributed by atoms with van der Waals surface area (Å²) >= 11 is 6.86. The number of nitrogens with one attached hydrogen (secondary N) is 3. The number of anilines is 2.